The molecule has 1 fully saturated rings. The van der Waals surface area contributed by atoms with Gasteiger partial charge in [0.05, 0.1) is 17.5 Å². The standard InChI is InChI=1S/C17H23N3O/c1-2-9-20-15-6-4-3-5-14(15)19-17(20)11-16(21)12-7-8-13(18)10-12/h3-6,12-13H,2,7-11,18H2,1H3. The number of hydrogen-bond acceptors (Lipinski definition) is 3. The van der Waals surface area contributed by atoms with Crippen molar-refractivity contribution in [2.24, 2.45) is 11.7 Å². The van der Waals surface area contributed by atoms with E-state index in [1.807, 2.05) is 18.2 Å². The van der Waals surface area contributed by atoms with Gasteiger partial charge in [-0.15, -0.1) is 0 Å². The number of carbonyl (C=O) groups excluding carboxylic acids is 1. The number of para-hydroxylation sites is 2. The highest BCUT2D eigenvalue weighted by atomic mass is 16.1. The number of imidazole rings is 1. The zero-order valence-electron chi connectivity index (χ0n) is 12.6. The minimum Gasteiger partial charge on any atom is -0.328 e. The summed E-state index contributed by atoms with van der Waals surface area (Å²) in [6.45, 7) is 3.06. The molecule has 1 aromatic carbocycles. The van der Waals surface area contributed by atoms with Gasteiger partial charge in [0.2, 0.25) is 0 Å². The predicted molar refractivity (Wildman–Crippen MR) is 84.1 cm³/mol. The highest BCUT2D eigenvalue weighted by Crippen LogP contribution is 2.26. The first-order valence-corrected chi connectivity index (χ1v) is 7.91. The van der Waals surface area contributed by atoms with Crippen molar-refractivity contribution in [3.8, 4) is 0 Å². The fourth-order valence-electron chi connectivity index (χ4n) is 3.34. The van der Waals surface area contributed by atoms with E-state index < -0.39 is 0 Å². The Hall–Kier alpha value is -1.68. The van der Waals surface area contributed by atoms with Gasteiger partial charge in [-0.2, -0.15) is 0 Å². The van der Waals surface area contributed by atoms with Gasteiger partial charge in [-0.3, -0.25) is 4.79 Å². The smallest absolute Gasteiger partial charge is 0.143 e. The number of aryl methyl sites for hydroxylation is 1. The molecule has 0 amide bonds. The minimum absolute atomic E-state index is 0.134. The van der Waals surface area contributed by atoms with E-state index in [0.717, 1.165) is 49.1 Å². The number of aromatic nitrogens is 2. The number of hydrogen-bond donors (Lipinski definition) is 1. The summed E-state index contributed by atoms with van der Waals surface area (Å²) < 4.78 is 2.20. The van der Waals surface area contributed by atoms with Crippen LogP contribution in [-0.4, -0.2) is 21.4 Å². The summed E-state index contributed by atoms with van der Waals surface area (Å²) in [6.07, 6.45) is 4.23. The van der Waals surface area contributed by atoms with Crippen LogP contribution in [0.4, 0.5) is 0 Å². The van der Waals surface area contributed by atoms with Crippen LogP contribution in [0.1, 0.15) is 38.4 Å². The Labute approximate surface area is 125 Å². The van der Waals surface area contributed by atoms with Crippen molar-refractivity contribution in [1.82, 2.24) is 9.55 Å². The van der Waals surface area contributed by atoms with E-state index in [4.69, 9.17) is 5.73 Å². The molecule has 0 saturated heterocycles. The van der Waals surface area contributed by atoms with Crippen LogP contribution in [0.25, 0.3) is 11.0 Å². The van der Waals surface area contributed by atoms with E-state index in [9.17, 15) is 4.79 Å². The molecule has 112 valence electrons. The largest absolute Gasteiger partial charge is 0.328 e. The van der Waals surface area contributed by atoms with Crippen molar-refractivity contribution in [2.45, 2.75) is 51.6 Å². The molecule has 3 rings (SSSR count). The van der Waals surface area contributed by atoms with Crippen LogP contribution in [0.2, 0.25) is 0 Å². The molecule has 4 nitrogen and oxygen atoms in total. The lowest BCUT2D eigenvalue weighted by atomic mass is 9.99. The number of benzene rings is 1. The van der Waals surface area contributed by atoms with Crippen LogP contribution < -0.4 is 5.73 Å². The molecule has 1 aliphatic rings. The molecule has 2 aromatic rings. The van der Waals surface area contributed by atoms with E-state index in [0.29, 0.717) is 12.2 Å². The number of nitrogens with two attached hydrogens (primary N) is 1. The van der Waals surface area contributed by atoms with E-state index in [2.05, 4.69) is 22.5 Å². The van der Waals surface area contributed by atoms with Gasteiger partial charge < -0.3 is 10.3 Å². The van der Waals surface area contributed by atoms with E-state index >= 15 is 0 Å². The summed E-state index contributed by atoms with van der Waals surface area (Å²) in [5.74, 6) is 1.34. The van der Waals surface area contributed by atoms with E-state index in [-0.39, 0.29) is 12.0 Å². The molecular weight excluding hydrogens is 262 g/mol. The molecule has 0 bridgehead atoms. The van der Waals surface area contributed by atoms with Gasteiger partial charge in [-0.25, -0.2) is 4.98 Å². The Kier molecular flexibility index (Phi) is 4.06. The molecule has 2 atom stereocenters. The summed E-state index contributed by atoms with van der Waals surface area (Å²) in [5.41, 5.74) is 8.04. The molecule has 2 N–H and O–H groups in total. The van der Waals surface area contributed by atoms with Crippen LogP contribution in [0.5, 0.6) is 0 Å². The lowest BCUT2D eigenvalue weighted by Gasteiger charge is -2.10. The Balaban J connectivity index is 1.85. The molecule has 1 aliphatic carbocycles. The van der Waals surface area contributed by atoms with Crippen molar-refractivity contribution in [2.75, 3.05) is 0 Å². The zero-order chi connectivity index (χ0) is 14.8. The Morgan fingerprint density at radius 3 is 2.90 bits per heavy atom. The third-order valence-corrected chi connectivity index (χ3v) is 4.44. The van der Waals surface area contributed by atoms with E-state index in [1.165, 1.54) is 0 Å². The van der Waals surface area contributed by atoms with Crippen LogP contribution in [0.3, 0.4) is 0 Å². The fourth-order valence-corrected chi connectivity index (χ4v) is 3.34. The third-order valence-electron chi connectivity index (χ3n) is 4.44. The van der Waals surface area contributed by atoms with Crippen molar-refractivity contribution in [1.29, 1.82) is 0 Å². The number of carbonyl (C=O) groups is 1. The third kappa shape index (κ3) is 2.86. The first-order chi connectivity index (χ1) is 10.2. The fraction of sp³-hybridized carbons (Fsp3) is 0.529. The average molecular weight is 285 g/mol. The minimum atomic E-state index is 0.134. The van der Waals surface area contributed by atoms with Crippen LogP contribution in [-0.2, 0) is 17.8 Å². The lowest BCUT2D eigenvalue weighted by Crippen LogP contribution is -2.20. The highest BCUT2D eigenvalue weighted by molar-refractivity contribution is 5.84. The molecule has 21 heavy (non-hydrogen) atoms. The average Bonchev–Trinajstić information content (AvgIpc) is 3.04. The Morgan fingerprint density at radius 2 is 2.19 bits per heavy atom. The summed E-state index contributed by atoms with van der Waals surface area (Å²) in [4.78, 5) is 17.2. The van der Waals surface area contributed by atoms with Crippen molar-refractivity contribution >= 4 is 16.8 Å². The second kappa shape index (κ2) is 5.98. The second-order valence-electron chi connectivity index (χ2n) is 6.08. The monoisotopic (exact) mass is 285 g/mol. The Bertz CT molecular complexity index is 647. The normalized spacial score (nSPS) is 22.0. The van der Waals surface area contributed by atoms with Crippen LogP contribution in [0, 0.1) is 5.92 Å². The van der Waals surface area contributed by atoms with Gasteiger partial charge in [0.25, 0.3) is 0 Å². The molecule has 2 unspecified atom stereocenters. The van der Waals surface area contributed by atoms with Gasteiger partial charge >= 0.3 is 0 Å². The van der Waals surface area contributed by atoms with Gasteiger partial charge in [0.1, 0.15) is 11.6 Å². The molecule has 0 radical (unpaired) electrons. The van der Waals surface area contributed by atoms with Crippen LogP contribution in [0.15, 0.2) is 24.3 Å². The number of Topliss-reactive ketones (excluding diaryl/α,β-unsaturated/α-hetero) is 1. The maximum absolute atomic E-state index is 12.5. The highest BCUT2D eigenvalue weighted by Gasteiger charge is 2.28. The van der Waals surface area contributed by atoms with Gasteiger partial charge in [-0.05, 0) is 37.8 Å². The summed E-state index contributed by atoms with van der Waals surface area (Å²) >= 11 is 0. The maximum atomic E-state index is 12.5. The molecule has 0 aliphatic heterocycles. The molecule has 1 aromatic heterocycles. The van der Waals surface area contributed by atoms with E-state index in [1.54, 1.807) is 0 Å². The van der Waals surface area contributed by atoms with Gasteiger partial charge in [0, 0.05) is 18.5 Å². The number of rotatable bonds is 5. The molecule has 1 heterocycles. The predicted octanol–water partition coefficient (Wildman–Crippen LogP) is 2.69. The number of ketones is 1. The Morgan fingerprint density at radius 1 is 1.38 bits per heavy atom. The molecule has 0 spiro atoms. The quantitative estimate of drug-likeness (QED) is 0.918. The van der Waals surface area contributed by atoms with Gasteiger partial charge in [0.15, 0.2) is 0 Å². The second-order valence-corrected chi connectivity index (χ2v) is 6.08. The number of nitrogens with zero attached hydrogens (tertiary/aromatic N) is 2. The first kappa shape index (κ1) is 14.3. The summed E-state index contributed by atoms with van der Waals surface area (Å²) in [7, 11) is 0. The van der Waals surface area contributed by atoms with Gasteiger partial charge in [-0.1, -0.05) is 19.1 Å². The van der Waals surface area contributed by atoms with Crippen molar-refractivity contribution < 1.29 is 4.79 Å². The zero-order valence-corrected chi connectivity index (χ0v) is 12.6. The maximum Gasteiger partial charge on any atom is 0.143 e. The van der Waals surface area contributed by atoms with Crippen molar-refractivity contribution in [3.63, 3.8) is 0 Å². The van der Waals surface area contributed by atoms with Crippen LogP contribution >= 0.6 is 0 Å². The first-order valence-electron chi connectivity index (χ1n) is 7.91. The SMILES string of the molecule is CCCn1c(CC(=O)C2CCC(N)C2)nc2ccccc21. The summed E-state index contributed by atoms with van der Waals surface area (Å²) in [5, 5.41) is 0. The molecular formula is C17H23N3O. The lowest BCUT2D eigenvalue weighted by molar-refractivity contribution is -0.122. The molecule has 4 heteroatoms. The number of fused-ring (bicyclic) bond motifs is 1. The summed E-state index contributed by atoms with van der Waals surface area (Å²) in [6, 6.07) is 8.32. The topological polar surface area (TPSA) is 60.9 Å². The van der Waals surface area contributed by atoms with Crippen molar-refractivity contribution in [3.05, 3.63) is 30.1 Å². The molecule has 1 saturated carbocycles.